The number of aliphatic hydroxyl groups is 2. The third-order valence-electron chi connectivity index (χ3n) is 4.74. The lowest BCUT2D eigenvalue weighted by Crippen LogP contribution is -2.58. The van der Waals surface area contributed by atoms with Gasteiger partial charge >= 0.3 is 0 Å². The van der Waals surface area contributed by atoms with Gasteiger partial charge in [-0.05, 0) is 36.9 Å². The van der Waals surface area contributed by atoms with Gasteiger partial charge in [-0.3, -0.25) is 4.79 Å². The molecule has 1 amide bonds. The SMILES string of the molecule is CC(C)c1ccc(CN2CCC[C@@](O)(CN(C)CCO)C2=O)cc1. The molecular weight excluding hydrogens is 304 g/mol. The zero-order chi connectivity index (χ0) is 17.7. The third kappa shape index (κ3) is 4.56. The van der Waals surface area contributed by atoms with Crippen LogP contribution in [0.3, 0.4) is 0 Å². The molecule has 0 unspecified atom stereocenters. The smallest absolute Gasteiger partial charge is 0.256 e. The van der Waals surface area contributed by atoms with Gasteiger partial charge in [0.25, 0.3) is 5.91 Å². The van der Waals surface area contributed by atoms with Crippen molar-refractivity contribution < 1.29 is 15.0 Å². The van der Waals surface area contributed by atoms with Crippen LogP contribution in [0.5, 0.6) is 0 Å². The second-order valence-corrected chi connectivity index (χ2v) is 7.22. The minimum atomic E-state index is -1.35. The monoisotopic (exact) mass is 334 g/mol. The van der Waals surface area contributed by atoms with Crippen LogP contribution in [0.2, 0.25) is 0 Å². The van der Waals surface area contributed by atoms with Gasteiger partial charge in [0.15, 0.2) is 5.60 Å². The normalized spacial score (nSPS) is 21.8. The molecule has 1 fully saturated rings. The molecule has 1 saturated heterocycles. The predicted octanol–water partition coefficient (Wildman–Crippen LogP) is 1.59. The molecule has 0 aromatic heterocycles. The number of amides is 1. The van der Waals surface area contributed by atoms with Gasteiger partial charge in [0.2, 0.25) is 0 Å². The highest BCUT2D eigenvalue weighted by Crippen LogP contribution is 2.25. The quantitative estimate of drug-likeness (QED) is 0.795. The minimum Gasteiger partial charge on any atom is -0.395 e. The Kier molecular flexibility index (Phi) is 6.38. The summed E-state index contributed by atoms with van der Waals surface area (Å²) < 4.78 is 0. The summed E-state index contributed by atoms with van der Waals surface area (Å²) in [5.41, 5.74) is 1.02. The Morgan fingerprint density at radius 2 is 1.96 bits per heavy atom. The molecule has 0 radical (unpaired) electrons. The van der Waals surface area contributed by atoms with Gasteiger partial charge in [-0.2, -0.15) is 0 Å². The van der Waals surface area contributed by atoms with E-state index in [0.717, 1.165) is 12.0 Å². The molecule has 0 saturated carbocycles. The molecule has 1 aromatic carbocycles. The van der Waals surface area contributed by atoms with Crippen LogP contribution in [0.1, 0.15) is 43.7 Å². The van der Waals surface area contributed by atoms with Crippen molar-refractivity contribution in [2.45, 2.75) is 44.8 Å². The largest absolute Gasteiger partial charge is 0.395 e. The van der Waals surface area contributed by atoms with E-state index in [1.165, 1.54) is 5.56 Å². The Bertz CT molecular complexity index is 544. The average Bonchev–Trinajstić information content (AvgIpc) is 2.52. The molecule has 0 spiro atoms. The van der Waals surface area contributed by atoms with E-state index in [1.54, 1.807) is 9.80 Å². The lowest BCUT2D eigenvalue weighted by Gasteiger charge is -2.40. The summed E-state index contributed by atoms with van der Waals surface area (Å²) in [5, 5.41) is 19.8. The van der Waals surface area contributed by atoms with Crippen molar-refractivity contribution in [1.82, 2.24) is 9.80 Å². The Labute approximate surface area is 144 Å². The summed E-state index contributed by atoms with van der Waals surface area (Å²) in [6.07, 6.45) is 1.27. The molecule has 1 aliphatic rings. The summed E-state index contributed by atoms with van der Waals surface area (Å²) in [5.74, 6) is 0.286. The number of carbonyl (C=O) groups excluding carboxylic acids is 1. The Morgan fingerprint density at radius 3 is 2.54 bits per heavy atom. The van der Waals surface area contributed by atoms with Gasteiger partial charge in [-0.25, -0.2) is 0 Å². The van der Waals surface area contributed by atoms with Crippen molar-refractivity contribution in [1.29, 1.82) is 0 Å². The minimum absolute atomic E-state index is 0.0205. The van der Waals surface area contributed by atoms with Gasteiger partial charge in [0.05, 0.1) is 6.61 Å². The van der Waals surface area contributed by atoms with Crippen LogP contribution in [0, 0.1) is 0 Å². The highest BCUT2D eigenvalue weighted by Gasteiger charge is 2.42. The zero-order valence-electron chi connectivity index (χ0n) is 15.0. The fourth-order valence-electron chi connectivity index (χ4n) is 3.29. The Hall–Kier alpha value is -1.43. The second kappa shape index (κ2) is 8.10. The van der Waals surface area contributed by atoms with E-state index in [0.29, 0.717) is 32.0 Å². The third-order valence-corrected chi connectivity index (χ3v) is 4.74. The maximum absolute atomic E-state index is 12.8. The van der Waals surface area contributed by atoms with Crippen LogP contribution in [0.25, 0.3) is 0 Å². The molecule has 0 bridgehead atoms. The zero-order valence-corrected chi connectivity index (χ0v) is 15.0. The van der Waals surface area contributed by atoms with Gasteiger partial charge in [0, 0.05) is 26.2 Å². The van der Waals surface area contributed by atoms with Crippen LogP contribution in [-0.2, 0) is 11.3 Å². The number of benzene rings is 1. The highest BCUT2D eigenvalue weighted by molar-refractivity contribution is 5.86. The van der Waals surface area contributed by atoms with E-state index >= 15 is 0 Å². The summed E-state index contributed by atoms with van der Waals surface area (Å²) in [7, 11) is 1.81. The molecule has 1 heterocycles. The van der Waals surface area contributed by atoms with Gasteiger partial charge in [-0.1, -0.05) is 38.1 Å². The van der Waals surface area contributed by atoms with Crippen LogP contribution in [0.15, 0.2) is 24.3 Å². The highest BCUT2D eigenvalue weighted by atomic mass is 16.3. The number of hydrogen-bond donors (Lipinski definition) is 2. The first-order chi connectivity index (χ1) is 11.4. The van der Waals surface area contributed by atoms with Crippen LogP contribution < -0.4 is 0 Å². The molecule has 2 N–H and O–H groups in total. The first-order valence-electron chi connectivity index (χ1n) is 8.76. The molecular formula is C19H30N2O3. The van der Waals surface area contributed by atoms with Crippen LogP contribution >= 0.6 is 0 Å². The lowest BCUT2D eigenvalue weighted by molar-refractivity contribution is -0.160. The summed E-state index contributed by atoms with van der Waals surface area (Å²) >= 11 is 0. The summed E-state index contributed by atoms with van der Waals surface area (Å²) in [6, 6.07) is 8.34. The first kappa shape index (κ1) is 18.9. The van der Waals surface area contributed by atoms with E-state index in [1.807, 2.05) is 7.05 Å². The number of nitrogens with zero attached hydrogens (tertiary/aromatic N) is 2. The van der Waals surface area contributed by atoms with Crippen molar-refractivity contribution in [3.63, 3.8) is 0 Å². The van der Waals surface area contributed by atoms with Crippen molar-refractivity contribution in [3.8, 4) is 0 Å². The molecule has 5 heteroatoms. The molecule has 1 aromatic rings. The maximum atomic E-state index is 12.8. The number of likely N-dealkylation sites (tertiary alicyclic amines) is 1. The van der Waals surface area contributed by atoms with Crippen molar-refractivity contribution in [2.75, 3.05) is 33.3 Å². The van der Waals surface area contributed by atoms with Crippen molar-refractivity contribution in [3.05, 3.63) is 35.4 Å². The van der Waals surface area contributed by atoms with Gasteiger partial charge in [0.1, 0.15) is 0 Å². The molecule has 134 valence electrons. The number of likely N-dealkylation sites (N-methyl/N-ethyl adjacent to an activating group) is 1. The van der Waals surface area contributed by atoms with Gasteiger partial charge < -0.3 is 20.0 Å². The Balaban J connectivity index is 2.03. The fraction of sp³-hybridized carbons (Fsp3) is 0.632. The van der Waals surface area contributed by atoms with E-state index < -0.39 is 5.60 Å². The lowest BCUT2D eigenvalue weighted by atomic mass is 9.90. The van der Waals surface area contributed by atoms with E-state index in [4.69, 9.17) is 5.11 Å². The number of carbonyl (C=O) groups is 1. The molecule has 1 aliphatic heterocycles. The van der Waals surface area contributed by atoms with Crippen molar-refractivity contribution in [2.24, 2.45) is 0 Å². The number of rotatable bonds is 7. The van der Waals surface area contributed by atoms with Crippen LogP contribution in [0.4, 0.5) is 0 Å². The van der Waals surface area contributed by atoms with E-state index in [-0.39, 0.29) is 19.1 Å². The number of hydrogen-bond acceptors (Lipinski definition) is 4. The van der Waals surface area contributed by atoms with E-state index in [9.17, 15) is 9.90 Å². The number of aliphatic hydroxyl groups excluding tert-OH is 1. The first-order valence-corrected chi connectivity index (χ1v) is 8.76. The van der Waals surface area contributed by atoms with E-state index in [2.05, 4.69) is 38.1 Å². The Morgan fingerprint density at radius 1 is 1.29 bits per heavy atom. The van der Waals surface area contributed by atoms with Crippen molar-refractivity contribution >= 4 is 5.91 Å². The average molecular weight is 334 g/mol. The molecule has 0 aliphatic carbocycles. The predicted molar refractivity (Wildman–Crippen MR) is 94.7 cm³/mol. The molecule has 1 atom stereocenters. The summed E-state index contributed by atoms with van der Waals surface area (Å²) in [6.45, 7) is 6.26. The maximum Gasteiger partial charge on any atom is 0.256 e. The van der Waals surface area contributed by atoms with Crippen LogP contribution in [-0.4, -0.2) is 64.8 Å². The summed E-state index contributed by atoms with van der Waals surface area (Å²) in [4.78, 5) is 16.3. The molecule has 5 nitrogen and oxygen atoms in total. The topological polar surface area (TPSA) is 64.0 Å². The standard InChI is InChI=1S/C19H30N2O3/c1-15(2)17-7-5-16(6-8-17)13-21-10-4-9-19(24,18(21)23)14-20(3)11-12-22/h5-8,15,22,24H,4,9-14H2,1-3H3/t19-/m1/s1. The van der Waals surface area contributed by atoms with Gasteiger partial charge in [-0.15, -0.1) is 0 Å². The molecule has 2 rings (SSSR count). The molecule has 24 heavy (non-hydrogen) atoms. The number of piperidine rings is 1. The fourth-order valence-corrected chi connectivity index (χ4v) is 3.29. The second-order valence-electron chi connectivity index (χ2n) is 7.22.